The Labute approximate surface area is 119 Å². The molecule has 1 rings (SSSR count). The van der Waals surface area contributed by atoms with Crippen LogP contribution in [0.25, 0.3) is 0 Å². The molecule has 0 aromatic heterocycles. The fourth-order valence-electron chi connectivity index (χ4n) is 1.70. The van der Waals surface area contributed by atoms with E-state index in [0.717, 1.165) is 25.3 Å². The van der Waals surface area contributed by atoms with Gasteiger partial charge in [0.05, 0.1) is 19.3 Å². The molecule has 0 aliphatic rings. The Morgan fingerprint density at radius 2 is 2.10 bits per heavy atom. The van der Waals surface area contributed by atoms with Crippen molar-refractivity contribution in [2.45, 2.75) is 0 Å². The summed E-state index contributed by atoms with van der Waals surface area (Å²) in [4.78, 5) is 13.7. The van der Waals surface area contributed by atoms with Gasteiger partial charge in [0.15, 0.2) is 0 Å². The molecular formula is C14H23N3O3. The quantitative estimate of drug-likeness (QED) is 0.548. The molecule has 3 N–H and O–H groups in total. The second-order valence-corrected chi connectivity index (χ2v) is 4.52. The Kier molecular flexibility index (Phi) is 6.83. The molecule has 0 atom stereocenters. The number of carbonyl (C=O) groups is 1. The molecule has 6 nitrogen and oxygen atoms in total. The molecule has 0 radical (unpaired) electrons. The second-order valence-electron chi connectivity index (χ2n) is 4.52. The molecule has 0 aliphatic carbocycles. The van der Waals surface area contributed by atoms with Gasteiger partial charge in [0, 0.05) is 38.1 Å². The van der Waals surface area contributed by atoms with E-state index in [0.29, 0.717) is 17.9 Å². The molecule has 112 valence electrons. The Hall–Kier alpha value is -1.79. The van der Waals surface area contributed by atoms with E-state index in [9.17, 15) is 4.79 Å². The highest BCUT2D eigenvalue weighted by Gasteiger charge is 2.10. The van der Waals surface area contributed by atoms with Gasteiger partial charge in [0.2, 0.25) is 0 Å². The summed E-state index contributed by atoms with van der Waals surface area (Å²) in [7, 11) is 5.06. The number of anilines is 2. The zero-order valence-electron chi connectivity index (χ0n) is 12.3. The first kappa shape index (κ1) is 16.3. The summed E-state index contributed by atoms with van der Waals surface area (Å²) in [5.41, 5.74) is 7.39. The molecule has 0 spiro atoms. The van der Waals surface area contributed by atoms with E-state index in [1.807, 2.05) is 13.1 Å². The van der Waals surface area contributed by atoms with E-state index in [1.54, 1.807) is 19.2 Å². The Morgan fingerprint density at radius 3 is 2.75 bits per heavy atom. The summed E-state index contributed by atoms with van der Waals surface area (Å²) in [6.45, 7) is 3.24. The van der Waals surface area contributed by atoms with Crippen LogP contribution in [0.1, 0.15) is 10.4 Å². The number of likely N-dealkylation sites (N-methyl/N-ethyl adjacent to an activating group) is 1. The zero-order valence-corrected chi connectivity index (χ0v) is 12.3. The molecule has 1 aromatic rings. The smallest absolute Gasteiger partial charge is 0.340 e. The van der Waals surface area contributed by atoms with E-state index in [-0.39, 0.29) is 0 Å². The average molecular weight is 281 g/mol. The minimum Gasteiger partial charge on any atom is -0.465 e. The number of nitrogens with two attached hydrogens (primary N) is 1. The van der Waals surface area contributed by atoms with Crippen molar-refractivity contribution >= 4 is 17.3 Å². The van der Waals surface area contributed by atoms with E-state index in [1.165, 1.54) is 7.11 Å². The van der Waals surface area contributed by atoms with Crippen molar-refractivity contribution in [3.8, 4) is 0 Å². The Balaban J connectivity index is 2.50. The lowest BCUT2D eigenvalue weighted by atomic mass is 10.1. The first-order valence-electron chi connectivity index (χ1n) is 6.47. The molecule has 0 aliphatic heterocycles. The first-order chi connectivity index (χ1) is 9.58. The molecule has 0 amide bonds. The third-order valence-corrected chi connectivity index (χ3v) is 2.96. The van der Waals surface area contributed by atoms with Gasteiger partial charge in [-0.3, -0.25) is 0 Å². The van der Waals surface area contributed by atoms with Crippen LogP contribution in [-0.4, -0.2) is 58.4 Å². The fraction of sp³-hybridized carbons (Fsp3) is 0.500. The Bertz CT molecular complexity index is 438. The molecule has 6 heteroatoms. The summed E-state index contributed by atoms with van der Waals surface area (Å²) in [6.07, 6.45) is 0. The number of nitrogen functional groups attached to an aromatic ring is 1. The third kappa shape index (κ3) is 5.07. The lowest BCUT2D eigenvalue weighted by Crippen LogP contribution is -2.28. The molecular weight excluding hydrogens is 258 g/mol. The number of hydrogen-bond acceptors (Lipinski definition) is 6. The third-order valence-electron chi connectivity index (χ3n) is 2.96. The predicted molar refractivity (Wildman–Crippen MR) is 80.1 cm³/mol. The highest BCUT2D eigenvalue weighted by molar-refractivity contribution is 5.96. The minimum atomic E-state index is -0.427. The summed E-state index contributed by atoms with van der Waals surface area (Å²) in [5.74, 6) is -0.427. The van der Waals surface area contributed by atoms with Crippen molar-refractivity contribution in [3.05, 3.63) is 23.8 Å². The Morgan fingerprint density at radius 1 is 1.35 bits per heavy atom. The molecule has 0 heterocycles. The zero-order chi connectivity index (χ0) is 15.0. The number of hydrogen-bond donors (Lipinski definition) is 2. The van der Waals surface area contributed by atoms with Gasteiger partial charge in [0.25, 0.3) is 0 Å². The fourth-order valence-corrected chi connectivity index (χ4v) is 1.70. The number of rotatable bonds is 8. The number of ether oxygens (including phenoxy) is 2. The van der Waals surface area contributed by atoms with E-state index < -0.39 is 5.97 Å². The summed E-state index contributed by atoms with van der Waals surface area (Å²) in [5, 5.41) is 3.25. The number of methoxy groups -OCH3 is 2. The maximum atomic E-state index is 11.5. The number of nitrogens with zero attached hydrogens (tertiary/aromatic N) is 1. The second kappa shape index (κ2) is 8.39. The lowest BCUT2D eigenvalue weighted by Gasteiger charge is -2.17. The van der Waals surface area contributed by atoms with Gasteiger partial charge >= 0.3 is 5.97 Å². The van der Waals surface area contributed by atoms with E-state index >= 15 is 0 Å². The van der Waals surface area contributed by atoms with Crippen molar-refractivity contribution in [2.24, 2.45) is 0 Å². The molecule has 0 bridgehead atoms. The van der Waals surface area contributed by atoms with Gasteiger partial charge < -0.3 is 25.4 Å². The van der Waals surface area contributed by atoms with Gasteiger partial charge in [-0.25, -0.2) is 4.79 Å². The maximum Gasteiger partial charge on any atom is 0.340 e. The highest BCUT2D eigenvalue weighted by Crippen LogP contribution is 2.18. The maximum absolute atomic E-state index is 11.5. The van der Waals surface area contributed by atoms with Crippen molar-refractivity contribution in [1.82, 2.24) is 4.90 Å². The summed E-state index contributed by atoms with van der Waals surface area (Å²) in [6, 6.07) is 5.25. The topological polar surface area (TPSA) is 76.8 Å². The van der Waals surface area contributed by atoms with E-state index in [2.05, 4.69) is 10.2 Å². The summed E-state index contributed by atoms with van der Waals surface area (Å²) >= 11 is 0. The normalized spacial score (nSPS) is 10.6. The van der Waals surface area contributed by atoms with Crippen LogP contribution in [0, 0.1) is 0 Å². The van der Waals surface area contributed by atoms with Gasteiger partial charge in [0.1, 0.15) is 0 Å². The van der Waals surface area contributed by atoms with Crippen LogP contribution in [0.3, 0.4) is 0 Å². The van der Waals surface area contributed by atoms with Crippen molar-refractivity contribution in [1.29, 1.82) is 0 Å². The van der Waals surface area contributed by atoms with Gasteiger partial charge in [-0.1, -0.05) is 0 Å². The number of nitrogens with one attached hydrogen (secondary N) is 1. The van der Waals surface area contributed by atoms with Crippen LogP contribution in [0.5, 0.6) is 0 Å². The van der Waals surface area contributed by atoms with Crippen LogP contribution < -0.4 is 11.1 Å². The largest absolute Gasteiger partial charge is 0.465 e. The minimum absolute atomic E-state index is 0.380. The predicted octanol–water partition coefficient (Wildman–Crippen LogP) is 1.05. The van der Waals surface area contributed by atoms with Crippen LogP contribution in [0.15, 0.2) is 18.2 Å². The van der Waals surface area contributed by atoms with Crippen LogP contribution >= 0.6 is 0 Å². The number of esters is 1. The lowest BCUT2D eigenvalue weighted by molar-refractivity contribution is 0.0602. The highest BCUT2D eigenvalue weighted by atomic mass is 16.5. The van der Waals surface area contributed by atoms with Crippen LogP contribution in [0.4, 0.5) is 11.4 Å². The van der Waals surface area contributed by atoms with Crippen molar-refractivity contribution in [3.63, 3.8) is 0 Å². The SMILES string of the molecule is COCCN(C)CCNc1ccc(N)c(C(=O)OC)c1. The average Bonchev–Trinajstić information content (AvgIpc) is 2.46. The monoisotopic (exact) mass is 281 g/mol. The van der Waals surface area contributed by atoms with Crippen LogP contribution in [-0.2, 0) is 9.47 Å². The van der Waals surface area contributed by atoms with Gasteiger partial charge in [-0.05, 0) is 25.2 Å². The number of carbonyl (C=O) groups excluding carboxylic acids is 1. The van der Waals surface area contributed by atoms with Crippen LogP contribution in [0.2, 0.25) is 0 Å². The van der Waals surface area contributed by atoms with Gasteiger partial charge in [-0.2, -0.15) is 0 Å². The van der Waals surface area contributed by atoms with Crippen molar-refractivity contribution in [2.75, 3.05) is 58.6 Å². The first-order valence-corrected chi connectivity index (χ1v) is 6.47. The molecule has 0 unspecified atom stereocenters. The summed E-state index contributed by atoms with van der Waals surface area (Å²) < 4.78 is 9.71. The molecule has 0 fully saturated rings. The van der Waals surface area contributed by atoms with Gasteiger partial charge in [-0.15, -0.1) is 0 Å². The standard InChI is InChI=1S/C14H23N3O3/c1-17(8-9-19-2)7-6-16-11-4-5-13(15)12(10-11)14(18)20-3/h4-5,10,16H,6-9,15H2,1-3H3. The van der Waals surface area contributed by atoms with Crippen molar-refractivity contribution < 1.29 is 14.3 Å². The molecule has 1 aromatic carbocycles. The molecule has 0 saturated heterocycles. The molecule has 0 saturated carbocycles. The number of benzene rings is 1. The van der Waals surface area contributed by atoms with E-state index in [4.69, 9.17) is 15.2 Å². The molecule has 20 heavy (non-hydrogen) atoms.